The van der Waals surface area contributed by atoms with Gasteiger partial charge in [0.05, 0.1) is 17.9 Å². The molecule has 6 nitrogen and oxygen atoms in total. The van der Waals surface area contributed by atoms with Gasteiger partial charge in [0.1, 0.15) is 5.76 Å². The lowest BCUT2D eigenvalue weighted by Crippen LogP contribution is -2.17. The molecule has 2 rings (SSSR count). The SMILES string of the molecule is CCOC(=O)c1cccc(C)c1NC(=O)c1cc(C)on1. The zero-order valence-corrected chi connectivity index (χ0v) is 12.1. The Morgan fingerprint density at radius 3 is 2.71 bits per heavy atom. The zero-order chi connectivity index (χ0) is 15.4. The molecule has 1 amide bonds. The Balaban J connectivity index is 2.30. The molecule has 0 unspecified atom stereocenters. The molecule has 0 aliphatic heterocycles. The van der Waals surface area contributed by atoms with E-state index in [1.807, 2.05) is 0 Å². The summed E-state index contributed by atoms with van der Waals surface area (Å²) in [7, 11) is 0. The molecule has 1 N–H and O–H groups in total. The van der Waals surface area contributed by atoms with E-state index in [1.54, 1.807) is 39.0 Å². The number of aryl methyl sites for hydroxylation is 2. The number of hydrogen-bond acceptors (Lipinski definition) is 5. The van der Waals surface area contributed by atoms with Gasteiger partial charge in [-0.15, -0.1) is 0 Å². The van der Waals surface area contributed by atoms with Crippen LogP contribution in [0.1, 0.15) is 39.1 Å². The number of aromatic nitrogens is 1. The van der Waals surface area contributed by atoms with Gasteiger partial charge < -0.3 is 14.6 Å². The van der Waals surface area contributed by atoms with E-state index in [1.165, 1.54) is 6.07 Å². The van der Waals surface area contributed by atoms with Crippen molar-refractivity contribution in [3.8, 4) is 0 Å². The van der Waals surface area contributed by atoms with Gasteiger partial charge in [0.25, 0.3) is 5.91 Å². The first-order valence-corrected chi connectivity index (χ1v) is 6.54. The number of ether oxygens (including phenoxy) is 1. The van der Waals surface area contributed by atoms with Crippen LogP contribution in [0.4, 0.5) is 5.69 Å². The molecule has 0 bridgehead atoms. The second-order valence-electron chi connectivity index (χ2n) is 4.49. The number of esters is 1. The topological polar surface area (TPSA) is 81.4 Å². The summed E-state index contributed by atoms with van der Waals surface area (Å²) in [4.78, 5) is 24.1. The second-order valence-corrected chi connectivity index (χ2v) is 4.49. The monoisotopic (exact) mass is 288 g/mol. The summed E-state index contributed by atoms with van der Waals surface area (Å²) in [5.41, 5.74) is 1.65. The molecule has 2 aromatic rings. The molecule has 0 radical (unpaired) electrons. The van der Waals surface area contributed by atoms with Crippen LogP contribution in [-0.4, -0.2) is 23.6 Å². The molecular formula is C15H16N2O4. The van der Waals surface area contributed by atoms with E-state index in [4.69, 9.17) is 9.26 Å². The van der Waals surface area contributed by atoms with E-state index in [0.29, 0.717) is 17.0 Å². The largest absolute Gasteiger partial charge is 0.462 e. The van der Waals surface area contributed by atoms with Crippen LogP contribution in [0.15, 0.2) is 28.8 Å². The van der Waals surface area contributed by atoms with Gasteiger partial charge in [-0.05, 0) is 32.4 Å². The molecule has 0 fully saturated rings. The average Bonchev–Trinajstić information content (AvgIpc) is 2.88. The number of amides is 1. The summed E-state index contributed by atoms with van der Waals surface area (Å²) >= 11 is 0. The van der Waals surface area contributed by atoms with Gasteiger partial charge in [0.2, 0.25) is 0 Å². The Hall–Kier alpha value is -2.63. The maximum absolute atomic E-state index is 12.1. The van der Waals surface area contributed by atoms with Crippen LogP contribution in [0.25, 0.3) is 0 Å². The number of rotatable bonds is 4. The van der Waals surface area contributed by atoms with E-state index in [9.17, 15) is 9.59 Å². The van der Waals surface area contributed by atoms with Crippen molar-refractivity contribution in [1.29, 1.82) is 0 Å². The number of nitrogens with one attached hydrogen (secondary N) is 1. The van der Waals surface area contributed by atoms with Crippen molar-refractivity contribution in [2.24, 2.45) is 0 Å². The van der Waals surface area contributed by atoms with Crippen molar-refractivity contribution in [2.75, 3.05) is 11.9 Å². The molecule has 1 heterocycles. The minimum absolute atomic E-state index is 0.158. The third-order valence-corrected chi connectivity index (χ3v) is 2.87. The highest BCUT2D eigenvalue weighted by Gasteiger charge is 2.18. The maximum atomic E-state index is 12.1. The van der Waals surface area contributed by atoms with E-state index < -0.39 is 11.9 Å². The number of nitrogens with zero attached hydrogens (tertiary/aromatic N) is 1. The minimum atomic E-state index is -0.479. The van der Waals surface area contributed by atoms with Gasteiger partial charge in [0, 0.05) is 6.07 Å². The fraction of sp³-hybridized carbons (Fsp3) is 0.267. The highest BCUT2D eigenvalue weighted by atomic mass is 16.5. The quantitative estimate of drug-likeness (QED) is 0.875. The van der Waals surface area contributed by atoms with Crippen LogP contribution >= 0.6 is 0 Å². The summed E-state index contributed by atoms with van der Waals surface area (Å²) in [6.07, 6.45) is 0. The Morgan fingerprint density at radius 2 is 2.10 bits per heavy atom. The van der Waals surface area contributed by atoms with Crippen LogP contribution in [0.3, 0.4) is 0 Å². The zero-order valence-electron chi connectivity index (χ0n) is 12.1. The maximum Gasteiger partial charge on any atom is 0.340 e. The van der Waals surface area contributed by atoms with Gasteiger partial charge in [-0.2, -0.15) is 0 Å². The summed E-state index contributed by atoms with van der Waals surface area (Å²) in [5.74, 6) is -0.380. The van der Waals surface area contributed by atoms with Crippen molar-refractivity contribution in [3.63, 3.8) is 0 Å². The lowest BCUT2D eigenvalue weighted by atomic mass is 10.1. The van der Waals surface area contributed by atoms with Gasteiger partial charge >= 0.3 is 5.97 Å². The molecular weight excluding hydrogens is 272 g/mol. The fourth-order valence-corrected chi connectivity index (χ4v) is 1.86. The third-order valence-electron chi connectivity index (χ3n) is 2.87. The number of hydrogen-bond donors (Lipinski definition) is 1. The summed E-state index contributed by atoms with van der Waals surface area (Å²) in [6.45, 7) is 5.49. The predicted molar refractivity (Wildman–Crippen MR) is 76.3 cm³/mol. The average molecular weight is 288 g/mol. The first-order valence-electron chi connectivity index (χ1n) is 6.54. The molecule has 0 saturated heterocycles. The number of carbonyl (C=O) groups is 2. The second kappa shape index (κ2) is 6.21. The summed E-state index contributed by atoms with van der Waals surface area (Å²) < 4.78 is 9.86. The number of benzene rings is 1. The summed E-state index contributed by atoms with van der Waals surface area (Å²) in [5, 5.41) is 6.33. The van der Waals surface area contributed by atoms with E-state index >= 15 is 0 Å². The number of para-hydroxylation sites is 1. The van der Waals surface area contributed by atoms with Gasteiger partial charge in [-0.25, -0.2) is 4.79 Å². The standard InChI is InChI=1S/C15H16N2O4/c1-4-20-15(19)11-7-5-6-9(2)13(11)16-14(18)12-8-10(3)21-17-12/h5-8H,4H2,1-3H3,(H,16,18). The van der Waals surface area contributed by atoms with Gasteiger partial charge in [0.15, 0.2) is 5.69 Å². The molecule has 0 aliphatic carbocycles. The molecule has 0 saturated carbocycles. The molecule has 6 heteroatoms. The summed E-state index contributed by atoms with van der Waals surface area (Å²) in [6, 6.07) is 6.66. The minimum Gasteiger partial charge on any atom is -0.462 e. The first-order chi connectivity index (χ1) is 10.0. The van der Waals surface area contributed by atoms with Crippen molar-refractivity contribution >= 4 is 17.6 Å². The molecule has 21 heavy (non-hydrogen) atoms. The van der Waals surface area contributed by atoms with E-state index in [2.05, 4.69) is 10.5 Å². The molecule has 110 valence electrons. The Bertz CT molecular complexity index is 676. The molecule has 0 atom stereocenters. The van der Waals surface area contributed by atoms with E-state index in [-0.39, 0.29) is 12.3 Å². The van der Waals surface area contributed by atoms with E-state index in [0.717, 1.165) is 5.56 Å². The van der Waals surface area contributed by atoms with Gasteiger partial charge in [-0.1, -0.05) is 17.3 Å². The normalized spacial score (nSPS) is 10.2. The molecule has 1 aromatic carbocycles. The van der Waals surface area contributed by atoms with Crippen molar-refractivity contribution in [1.82, 2.24) is 5.16 Å². The van der Waals surface area contributed by atoms with Crippen LogP contribution in [-0.2, 0) is 4.74 Å². The predicted octanol–water partition coefficient (Wildman–Crippen LogP) is 2.72. The number of anilines is 1. The lowest BCUT2D eigenvalue weighted by Gasteiger charge is -2.12. The molecule has 0 spiro atoms. The van der Waals surface area contributed by atoms with Crippen LogP contribution in [0.5, 0.6) is 0 Å². The Labute approximate surface area is 122 Å². The Morgan fingerprint density at radius 1 is 1.33 bits per heavy atom. The van der Waals surface area contributed by atoms with Crippen molar-refractivity contribution in [2.45, 2.75) is 20.8 Å². The highest BCUT2D eigenvalue weighted by molar-refractivity contribution is 6.07. The molecule has 1 aromatic heterocycles. The van der Waals surface area contributed by atoms with Gasteiger partial charge in [-0.3, -0.25) is 4.79 Å². The lowest BCUT2D eigenvalue weighted by molar-refractivity contribution is 0.0527. The van der Waals surface area contributed by atoms with Crippen LogP contribution < -0.4 is 5.32 Å². The Kier molecular flexibility index (Phi) is 4.37. The van der Waals surface area contributed by atoms with Crippen LogP contribution in [0, 0.1) is 13.8 Å². The van der Waals surface area contributed by atoms with Crippen molar-refractivity contribution < 1.29 is 18.8 Å². The molecule has 0 aliphatic rings. The highest BCUT2D eigenvalue weighted by Crippen LogP contribution is 2.22. The first kappa shape index (κ1) is 14.8. The third kappa shape index (κ3) is 3.28. The van der Waals surface area contributed by atoms with Crippen LogP contribution in [0.2, 0.25) is 0 Å². The van der Waals surface area contributed by atoms with Crippen molar-refractivity contribution in [3.05, 3.63) is 46.8 Å². The smallest absolute Gasteiger partial charge is 0.340 e. The fourth-order valence-electron chi connectivity index (χ4n) is 1.86. The number of carbonyl (C=O) groups excluding carboxylic acids is 2.